The van der Waals surface area contributed by atoms with Gasteiger partial charge in [-0.15, -0.1) is 5.92 Å². The summed E-state index contributed by atoms with van der Waals surface area (Å²) in [6, 6.07) is 0. The van der Waals surface area contributed by atoms with E-state index >= 15 is 0 Å². The van der Waals surface area contributed by atoms with Gasteiger partial charge in [0.15, 0.2) is 0 Å². The van der Waals surface area contributed by atoms with Gasteiger partial charge in [-0.25, -0.2) is 0 Å². The number of Topliss-reactive ketones (excluding diaryl/α,β-unsaturated/α-hetero) is 2. The smallest absolute Gasteiger partial charge is 0.139 e. The van der Waals surface area contributed by atoms with Crippen LogP contribution in [0.5, 0.6) is 0 Å². The van der Waals surface area contributed by atoms with Crippen molar-refractivity contribution in [3.05, 3.63) is 0 Å². The third kappa shape index (κ3) is 8.64. The Kier molecular flexibility index (Phi) is 14.7. The Hall–Kier alpha value is 1.03. The molecule has 2 saturated carbocycles. The third-order valence-electron chi connectivity index (χ3n) is 6.33. The first-order chi connectivity index (χ1) is 12.3. The summed E-state index contributed by atoms with van der Waals surface area (Å²) in [5, 5.41) is 20.5. The van der Waals surface area contributed by atoms with Gasteiger partial charge in [-0.2, -0.15) is 0 Å². The second-order valence-electron chi connectivity index (χ2n) is 8.57. The first-order valence-electron chi connectivity index (χ1n) is 10.2. The number of hydrogen-bond acceptors (Lipinski definition) is 4. The molecule has 2 rings (SSSR count). The molecule has 0 bridgehead atoms. The molecule has 152 valence electrons. The molecule has 2 aliphatic carbocycles. The van der Waals surface area contributed by atoms with Crippen LogP contribution in [0.25, 0.3) is 0 Å². The summed E-state index contributed by atoms with van der Waals surface area (Å²) in [6.07, 6.45) is 8.05. The van der Waals surface area contributed by atoms with Gasteiger partial charge in [0.05, 0.1) is 18.1 Å². The van der Waals surface area contributed by atoms with Gasteiger partial charge < -0.3 is 15.0 Å². The number of unbranched alkanes of at least 4 members (excludes halogenated alkanes) is 3. The molecule has 0 aliphatic heterocycles. The van der Waals surface area contributed by atoms with Crippen molar-refractivity contribution in [1.29, 1.82) is 0 Å². The van der Waals surface area contributed by atoms with Crippen molar-refractivity contribution in [3.63, 3.8) is 0 Å². The van der Waals surface area contributed by atoms with Gasteiger partial charge in [0.2, 0.25) is 0 Å². The number of ketones is 2. The van der Waals surface area contributed by atoms with E-state index in [0.717, 1.165) is 44.9 Å². The molecule has 0 heterocycles. The van der Waals surface area contributed by atoms with Crippen molar-refractivity contribution >= 4 is 11.6 Å². The van der Waals surface area contributed by atoms with E-state index < -0.39 is 12.2 Å². The minimum Gasteiger partial charge on any atom is -0.392 e. The molecule has 2 unspecified atom stereocenters. The summed E-state index contributed by atoms with van der Waals surface area (Å²) < 4.78 is 0. The van der Waals surface area contributed by atoms with Crippen LogP contribution in [0, 0.1) is 29.1 Å². The number of aliphatic hydroxyl groups is 2. The normalized spacial score (nSPS) is 26.1. The Bertz CT molecular complexity index is 563. The fourth-order valence-electron chi connectivity index (χ4n) is 4.17. The van der Waals surface area contributed by atoms with Crippen LogP contribution in [0.15, 0.2) is 0 Å². The zero-order chi connectivity index (χ0) is 19.2. The predicted molar refractivity (Wildman–Crippen MR) is 101 cm³/mol. The molecule has 4 atom stereocenters. The number of rotatable bonds is 9. The molecule has 0 aromatic heterocycles. The molecule has 2 fully saturated rings. The zero-order valence-corrected chi connectivity index (χ0v) is 23.1. The molecule has 0 amide bonds. The maximum atomic E-state index is 12.2. The quantitative estimate of drug-likeness (QED) is 0.348. The van der Waals surface area contributed by atoms with E-state index in [-0.39, 0.29) is 101 Å². The second kappa shape index (κ2) is 14.2. The van der Waals surface area contributed by atoms with Crippen LogP contribution >= 0.6 is 0 Å². The summed E-state index contributed by atoms with van der Waals surface area (Å²) in [6.45, 7) is 3.72. The SMILES string of the molecule is CC(=O)CCCCCC[C@H]1C(=O)CC(O)[C@@H]1C#CCC(O)C1(C)CCC1.[Y].[Y]. The Morgan fingerprint density at radius 2 is 1.86 bits per heavy atom. The van der Waals surface area contributed by atoms with E-state index in [9.17, 15) is 19.8 Å². The van der Waals surface area contributed by atoms with Crippen LogP contribution < -0.4 is 0 Å². The van der Waals surface area contributed by atoms with Gasteiger partial charge in [0.25, 0.3) is 0 Å². The van der Waals surface area contributed by atoms with Crippen molar-refractivity contribution in [1.82, 2.24) is 0 Å². The van der Waals surface area contributed by atoms with Crippen molar-refractivity contribution in [3.8, 4) is 11.8 Å². The fraction of sp³-hybridized carbons (Fsp3) is 0.818. The minimum absolute atomic E-state index is 0. The number of aliphatic hydroxyl groups excluding tert-OH is 2. The molecule has 2 radical (unpaired) electrons. The predicted octanol–water partition coefficient (Wildman–Crippen LogP) is 3.42. The molecule has 0 aromatic rings. The van der Waals surface area contributed by atoms with Gasteiger partial charge in [0, 0.05) is 90.6 Å². The standard InChI is InChI=1S/C22H34O4.2Y/c1-16(23)9-5-3-4-6-10-17-18(20(25)15-19(17)24)11-7-12-21(26)22(2)13-8-14-22;;/h17-18,20-21,25-26H,3-6,8-10,12-15H2,1-2H3;;/t17-,18-,20?,21?;;/m1../s1. The minimum atomic E-state index is -0.672. The van der Waals surface area contributed by atoms with E-state index in [2.05, 4.69) is 18.8 Å². The van der Waals surface area contributed by atoms with Crippen LogP contribution in [0.2, 0.25) is 0 Å². The van der Waals surface area contributed by atoms with Gasteiger partial charge in [-0.1, -0.05) is 38.5 Å². The molecule has 0 saturated heterocycles. The van der Waals surface area contributed by atoms with Crippen molar-refractivity contribution < 1.29 is 85.2 Å². The second-order valence-corrected chi connectivity index (χ2v) is 8.57. The summed E-state index contributed by atoms with van der Waals surface area (Å²) in [5.74, 6) is 6.04. The summed E-state index contributed by atoms with van der Waals surface area (Å²) >= 11 is 0. The molecule has 0 spiro atoms. The zero-order valence-electron chi connectivity index (χ0n) is 17.5. The summed E-state index contributed by atoms with van der Waals surface area (Å²) in [5.41, 5.74) is -0.00192. The molecule has 2 aliphatic rings. The van der Waals surface area contributed by atoms with Gasteiger partial charge >= 0.3 is 0 Å². The van der Waals surface area contributed by atoms with E-state index in [4.69, 9.17) is 0 Å². The van der Waals surface area contributed by atoms with Gasteiger partial charge in [-0.05, 0) is 38.0 Å². The van der Waals surface area contributed by atoms with E-state index in [0.29, 0.717) is 12.8 Å². The summed E-state index contributed by atoms with van der Waals surface area (Å²) in [4.78, 5) is 23.1. The van der Waals surface area contributed by atoms with Crippen LogP contribution in [0.3, 0.4) is 0 Å². The molecular weight excluding hydrogens is 506 g/mol. The Morgan fingerprint density at radius 3 is 2.43 bits per heavy atom. The van der Waals surface area contributed by atoms with Crippen LogP contribution in [0.1, 0.15) is 84.5 Å². The Labute approximate surface area is 220 Å². The number of hydrogen-bond donors (Lipinski definition) is 2. The average molecular weight is 540 g/mol. The Balaban J connectivity index is 0.00000364. The molecule has 0 aromatic carbocycles. The van der Waals surface area contributed by atoms with Crippen molar-refractivity contribution in [2.45, 2.75) is 96.7 Å². The monoisotopic (exact) mass is 540 g/mol. The largest absolute Gasteiger partial charge is 0.392 e. The molecular formula is C22H34O4Y2. The van der Waals surface area contributed by atoms with Gasteiger partial charge in [-0.3, -0.25) is 4.79 Å². The molecule has 2 N–H and O–H groups in total. The fourth-order valence-corrected chi connectivity index (χ4v) is 4.17. The van der Waals surface area contributed by atoms with E-state index in [1.165, 1.54) is 6.42 Å². The van der Waals surface area contributed by atoms with Crippen LogP contribution in [-0.4, -0.2) is 34.0 Å². The summed E-state index contributed by atoms with van der Waals surface area (Å²) in [7, 11) is 0. The maximum Gasteiger partial charge on any atom is 0.139 e. The van der Waals surface area contributed by atoms with Crippen molar-refractivity contribution in [2.75, 3.05) is 0 Å². The van der Waals surface area contributed by atoms with E-state index in [1.54, 1.807) is 6.92 Å². The number of carbonyl (C=O) groups excluding carboxylic acids is 2. The molecule has 4 nitrogen and oxygen atoms in total. The average Bonchev–Trinajstić information content (AvgIpc) is 2.81. The van der Waals surface area contributed by atoms with Crippen molar-refractivity contribution in [2.24, 2.45) is 17.3 Å². The third-order valence-corrected chi connectivity index (χ3v) is 6.33. The topological polar surface area (TPSA) is 74.6 Å². The Morgan fingerprint density at radius 1 is 1.21 bits per heavy atom. The van der Waals surface area contributed by atoms with Crippen LogP contribution in [0.4, 0.5) is 0 Å². The first kappa shape index (κ1) is 29.0. The first-order valence-corrected chi connectivity index (χ1v) is 10.2. The van der Waals surface area contributed by atoms with Gasteiger partial charge in [0.1, 0.15) is 11.6 Å². The van der Waals surface area contributed by atoms with Crippen LogP contribution in [-0.2, 0) is 75.0 Å². The maximum absolute atomic E-state index is 12.2. The van der Waals surface area contributed by atoms with E-state index in [1.807, 2.05) is 0 Å². The molecule has 6 heteroatoms. The molecule has 28 heavy (non-hydrogen) atoms. The number of carbonyl (C=O) groups is 2.